The fourth-order valence-electron chi connectivity index (χ4n) is 12.1. The van der Waals surface area contributed by atoms with Gasteiger partial charge in [0.15, 0.2) is 12.2 Å². The molecule has 0 aromatic rings. The highest BCUT2D eigenvalue weighted by molar-refractivity contribution is 7.47. The molecule has 0 rings (SSSR count). The monoisotopic (exact) mass is 1420 g/mol. The minimum absolute atomic E-state index is 0.108. The molecule has 0 spiro atoms. The molecule has 3 N–H and O–H groups in total. The first-order valence-electron chi connectivity index (χ1n) is 40.8. The molecule has 0 amide bonds. The van der Waals surface area contributed by atoms with Gasteiger partial charge in [-0.2, -0.15) is 0 Å². The van der Waals surface area contributed by atoms with E-state index in [0.717, 1.165) is 103 Å². The quantitative estimate of drug-likeness (QED) is 0.0222. The van der Waals surface area contributed by atoms with Crippen LogP contribution < -0.4 is 0 Å². The number of ether oxygens (including phenoxy) is 4. The van der Waals surface area contributed by atoms with Crippen LogP contribution in [0.1, 0.15) is 419 Å². The lowest BCUT2D eigenvalue weighted by Crippen LogP contribution is -2.30. The SMILES string of the molecule is CCCCCCCCCCCCCCCCCCCCCCCC(=O)O[C@H](COC(=O)CCCCCCCCCCCCCCCCCC)COP(=O)(O)OC[C@@H](O)COP(=O)(O)OC[C@@H](COC(=O)CCCCCCCCC)OC(=O)CCCCCCCCCCCCCCC. The standard InChI is InChI=1S/C78H152O17P2/c1-5-9-13-17-21-24-27-30-32-34-35-36-37-38-40-43-46-49-53-57-61-65-78(83)95-74(69-89-76(81)63-59-55-51-47-44-42-39-33-31-28-25-22-18-14-10-6-2)71-93-97(86,87)91-67-72(79)66-90-96(84,85)92-70-73(68-88-75(80)62-58-54-50-20-16-12-8-4)94-77(82)64-60-56-52-48-45-41-29-26-23-19-15-11-7-3/h72-74,79H,5-71H2,1-4H3,(H,84,85)(H,86,87)/t72-,73+,74+/m0/s1. The van der Waals surface area contributed by atoms with Gasteiger partial charge in [0.25, 0.3) is 0 Å². The Balaban J connectivity index is 5.16. The Labute approximate surface area is 594 Å². The van der Waals surface area contributed by atoms with Crippen molar-refractivity contribution in [3.05, 3.63) is 0 Å². The number of phosphoric acid groups is 2. The predicted octanol–water partition coefficient (Wildman–Crippen LogP) is 23.4. The first kappa shape index (κ1) is 95.1. The van der Waals surface area contributed by atoms with Crippen LogP contribution in [-0.2, 0) is 65.4 Å². The molecule has 0 aliphatic rings. The molecule has 0 aromatic heterocycles. The lowest BCUT2D eigenvalue weighted by Gasteiger charge is -2.21. The molecule has 0 aliphatic heterocycles. The number of unbranched alkanes of at least 4 members (excludes halogenated alkanes) is 53. The second-order valence-corrected chi connectivity index (χ2v) is 31.0. The van der Waals surface area contributed by atoms with E-state index in [1.807, 2.05) is 0 Å². The Morgan fingerprint density at radius 3 is 0.608 bits per heavy atom. The molecule has 97 heavy (non-hydrogen) atoms. The molecule has 0 radical (unpaired) electrons. The van der Waals surface area contributed by atoms with Crippen LogP contribution in [0.5, 0.6) is 0 Å². The molecular weight excluding hydrogens is 1270 g/mol. The molecule has 2 unspecified atom stereocenters. The van der Waals surface area contributed by atoms with Crippen LogP contribution in [0.15, 0.2) is 0 Å². The number of aliphatic hydroxyl groups excluding tert-OH is 1. The molecular formula is C78H152O17P2. The zero-order valence-corrected chi connectivity index (χ0v) is 64.8. The van der Waals surface area contributed by atoms with E-state index in [-0.39, 0.29) is 25.7 Å². The third kappa shape index (κ3) is 72.2. The number of carbonyl (C=O) groups is 4. The van der Waals surface area contributed by atoms with Crippen LogP contribution in [0.2, 0.25) is 0 Å². The number of carbonyl (C=O) groups excluding carboxylic acids is 4. The Morgan fingerprint density at radius 1 is 0.247 bits per heavy atom. The maximum Gasteiger partial charge on any atom is 0.472 e. The van der Waals surface area contributed by atoms with E-state index in [4.69, 9.17) is 37.0 Å². The van der Waals surface area contributed by atoms with Crippen molar-refractivity contribution < 1.29 is 80.2 Å². The molecule has 0 heterocycles. The summed E-state index contributed by atoms with van der Waals surface area (Å²) in [4.78, 5) is 72.7. The summed E-state index contributed by atoms with van der Waals surface area (Å²) in [5.74, 6) is -2.11. The van der Waals surface area contributed by atoms with E-state index in [1.165, 1.54) is 238 Å². The lowest BCUT2D eigenvalue weighted by molar-refractivity contribution is -0.161. The van der Waals surface area contributed by atoms with E-state index in [0.29, 0.717) is 25.7 Å². The fourth-order valence-corrected chi connectivity index (χ4v) is 13.7. The highest BCUT2D eigenvalue weighted by Gasteiger charge is 2.30. The molecule has 0 aliphatic carbocycles. The molecule has 0 saturated carbocycles. The van der Waals surface area contributed by atoms with Crippen LogP contribution in [0.25, 0.3) is 0 Å². The number of rotatable bonds is 79. The van der Waals surface area contributed by atoms with Crippen molar-refractivity contribution in [2.75, 3.05) is 39.6 Å². The minimum atomic E-state index is -4.96. The van der Waals surface area contributed by atoms with Gasteiger partial charge in [-0.1, -0.05) is 368 Å². The summed E-state index contributed by atoms with van der Waals surface area (Å²) in [6.45, 7) is 4.96. The summed E-state index contributed by atoms with van der Waals surface area (Å²) in [6, 6.07) is 0. The van der Waals surface area contributed by atoms with Crippen molar-refractivity contribution in [2.45, 2.75) is 438 Å². The average molecular weight is 1420 g/mol. The van der Waals surface area contributed by atoms with Gasteiger partial charge < -0.3 is 33.8 Å². The van der Waals surface area contributed by atoms with Crippen molar-refractivity contribution in [1.82, 2.24) is 0 Å². The normalized spacial score (nSPS) is 13.8. The summed E-state index contributed by atoms with van der Waals surface area (Å²) in [5, 5.41) is 10.6. The highest BCUT2D eigenvalue weighted by atomic mass is 31.2. The highest BCUT2D eigenvalue weighted by Crippen LogP contribution is 2.45. The third-order valence-corrected chi connectivity index (χ3v) is 20.3. The molecule has 0 saturated heterocycles. The van der Waals surface area contributed by atoms with Gasteiger partial charge in [-0.15, -0.1) is 0 Å². The maximum absolute atomic E-state index is 13.1. The Morgan fingerprint density at radius 2 is 0.412 bits per heavy atom. The largest absolute Gasteiger partial charge is 0.472 e. The summed E-state index contributed by atoms with van der Waals surface area (Å²) in [6.07, 6.45) is 64.0. The molecule has 5 atom stereocenters. The average Bonchev–Trinajstić information content (AvgIpc) is 1.06. The van der Waals surface area contributed by atoms with Crippen molar-refractivity contribution in [1.29, 1.82) is 0 Å². The zero-order chi connectivity index (χ0) is 71.1. The van der Waals surface area contributed by atoms with E-state index in [2.05, 4.69) is 27.7 Å². The number of hydrogen-bond donors (Lipinski definition) is 3. The van der Waals surface area contributed by atoms with Gasteiger partial charge in [-0.05, 0) is 25.7 Å². The number of phosphoric ester groups is 2. The van der Waals surface area contributed by atoms with Crippen molar-refractivity contribution in [2.24, 2.45) is 0 Å². The van der Waals surface area contributed by atoms with Crippen LogP contribution in [0.3, 0.4) is 0 Å². The molecule has 19 heteroatoms. The summed E-state index contributed by atoms with van der Waals surface area (Å²) < 4.78 is 68.5. The van der Waals surface area contributed by atoms with Gasteiger partial charge in [-0.3, -0.25) is 37.3 Å². The summed E-state index contributed by atoms with van der Waals surface area (Å²) >= 11 is 0. The first-order chi connectivity index (χ1) is 47.2. The fraction of sp³-hybridized carbons (Fsp3) is 0.949. The minimum Gasteiger partial charge on any atom is -0.462 e. The number of aliphatic hydroxyl groups is 1. The lowest BCUT2D eigenvalue weighted by atomic mass is 10.0. The van der Waals surface area contributed by atoms with Gasteiger partial charge in [0.05, 0.1) is 26.4 Å². The van der Waals surface area contributed by atoms with E-state index in [1.54, 1.807) is 0 Å². The molecule has 0 aromatic carbocycles. The van der Waals surface area contributed by atoms with Crippen LogP contribution in [-0.4, -0.2) is 96.7 Å². The molecule has 0 bridgehead atoms. The predicted molar refractivity (Wildman–Crippen MR) is 395 cm³/mol. The second-order valence-electron chi connectivity index (χ2n) is 28.1. The Hall–Kier alpha value is -1.94. The Bertz CT molecular complexity index is 1840. The van der Waals surface area contributed by atoms with Crippen molar-refractivity contribution in [3.8, 4) is 0 Å². The zero-order valence-electron chi connectivity index (χ0n) is 63.1. The van der Waals surface area contributed by atoms with Crippen LogP contribution in [0, 0.1) is 0 Å². The summed E-state index contributed by atoms with van der Waals surface area (Å²) in [5.41, 5.74) is 0. The van der Waals surface area contributed by atoms with Gasteiger partial charge in [-0.25, -0.2) is 9.13 Å². The second kappa shape index (κ2) is 72.4. The van der Waals surface area contributed by atoms with E-state index < -0.39 is 97.5 Å². The topological polar surface area (TPSA) is 237 Å². The van der Waals surface area contributed by atoms with Gasteiger partial charge in [0.2, 0.25) is 0 Å². The molecule has 576 valence electrons. The molecule has 0 fully saturated rings. The van der Waals surface area contributed by atoms with E-state index in [9.17, 15) is 43.2 Å². The smallest absolute Gasteiger partial charge is 0.462 e. The Kier molecular flexibility index (Phi) is 71.0. The third-order valence-electron chi connectivity index (χ3n) is 18.4. The van der Waals surface area contributed by atoms with Crippen molar-refractivity contribution >= 4 is 39.5 Å². The number of hydrogen-bond acceptors (Lipinski definition) is 15. The van der Waals surface area contributed by atoms with Crippen LogP contribution >= 0.6 is 15.6 Å². The van der Waals surface area contributed by atoms with Crippen LogP contribution in [0.4, 0.5) is 0 Å². The summed E-state index contributed by atoms with van der Waals surface area (Å²) in [7, 11) is -9.91. The van der Waals surface area contributed by atoms with Gasteiger partial charge >= 0.3 is 39.5 Å². The van der Waals surface area contributed by atoms with Crippen molar-refractivity contribution in [3.63, 3.8) is 0 Å². The van der Waals surface area contributed by atoms with E-state index >= 15 is 0 Å². The molecule has 17 nitrogen and oxygen atoms in total. The van der Waals surface area contributed by atoms with Gasteiger partial charge in [0, 0.05) is 25.7 Å². The first-order valence-corrected chi connectivity index (χ1v) is 43.8. The van der Waals surface area contributed by atoms with Gasteiger partial charge in [0.1, 0.15) is 19.3 Å². The number of esters is 4. The maximum atomic E-state index is 13.1.